The van der Waals surface area contributed by atoms with E-state index < -0.39 is 0 Å². The van der Waals surface area contributed by atoms with E-state index in [0.717, 1.165) is 25.9 Å². The number of aliphatic hydroxyl groups excluding tert-OH is 1. The number of hydrogen-bond acceptors (Lipinski definition) is 5. The second-order valence-electron chi connectivity index (χ2n) is 5.42. The number of aliphatic hydroxyl groups is 1. The van der Waals surface area contributed by atoms with E-state index in [4.69, 9.17) is 0 Å². The normalized spacial score (nSPS) is 30.8. The predicted octanol–water partition coefficient (Wildman–Crippen LogP) is 0.150. The minimum atomic E-state index is -0.167. The number of fused-ring (bicyclic) bond motifs is 1. The van der Waals surface area contributed by atoms with E-state index in [9.17, 15) is 9.90 Å². The van der Waals surface area contributed by atoms with Crippen molar-refractivity contribution in [3.05, 3.63) is 11.4 Å². The lowest BCUT2D eigenvalue weighted by Gasteiger charge is -2.17. The van der Waals surface area contributed by atoms with Gasteiger partial charge in [0.25, 0.3) is 0 Å². The summed E-state index contributed by atoms with van der Waals surface area (Å²) in [6.45, 7) is 3.32. The summed E-state index contributed by atoms with van der Waals surface area (Å²) in [7, 11) is 0. The molecular formula is C12H17N3O3. The van der Waals surface area contributed by atoms with Gasteiger partial charge in [0.05, 0.1) is 12.5 Å². The van der Waals surface area contributed by atoms with Crippen LogP contribution in [0.2, 0.25) is 0 Å². The van der Waals surface area contributed by atoms with E-state index in [-0.39, 0.29) is 18.4 Å². The predicted molar refractivity (Wildman–Crippen MR) is 61.5 cm³/mol. The van der Waals surface area contributed by atoms with Crippen molar-refractivity contribution in [2.24, 2.45) is 11.8 Å². The van der Waals surface area contributed by atoms with Crippen LogP contribution in [0.5, 0.6) is 0 Å². The number of rotatable bonds is 2. The lowest BCUT2D eigenvalue weighted by molar-refractivity contribution is -0.129. The van der Waals surface area contributed by atoms with Crippen molar-refractivity contribution < 1.29 is 14.5 Å². The quantitative estimate of drug-likeness (QED) is 0.809. The third kappa shape index (κ3) is 2.01. The van der Waals surface area contributed by atoms with Crippen molar-refractivity contribution in [1.82, 2.24) is 15.2 Å². The summed E-state index contributed by atoms with van der Waals surface area (Å²) in [6.07, 6.45) is 1.76. The van der Waals surface area contributed by atoms with E-state index in [1.807, 2.05) is 4.90 Å². The molecule has 1 aromatic rings. The largest absolute Gasteiger partial charge is 0.393 e. The van der Waals surface area contributed by atoms with Gasteiger partial charge in [-0.05, 0) is 31.6 Å². The van der Waals surface area contributed by atoms with Crippen LogP contribution in [0.15, 0.2) is 4.63 Å². The Balaban J connectivity index is 1.61. The summed E-state index contributed by atoms with van der Waals surface area (Å²) >= 11 is 0. The number of aromatic nitrogens is 2. The molecule has 3 atom stereocenters. The molecule has 18 heavy (non-hydrogen) atoms. The molecule has 1 saturated carbocycles. The second kappa shape index (κ2) is 4.35. The molecule has 1 amide bonds. The highest BCUT2D eigenvalue weighted by molar-refractivity contribution is 5.78. The van der Waals surface area contributed by atoms with Crippen molar-refractivity contribution in [2.75, 3.05) is 13.1 Å². The number of carbonyl (C=O) groups excluding carboxylic acids is 1. The van der Waals surface area contributed by atoms with Gasteiger partial charge in [0.2, 0.25) is 5.91 Å². The molecule has 2 heterocycles. The van der Waals surface area contributed by atoms with Crippen molar-refractivity contribution in [2.45, 2.75) is 32.3 Å². The van der Waals surface area contributed by atoms with E-state index >= 15 is 0 Å². The Morgan fingerprint density at radius 2 is 2.06 bits per heavy atom. The minimum absolute atomic E-state index is 0.0812. The third-order valence-electron chi connectivity index (χ3n) is 4.14. The fraction of sp³-hybridized carbons (Fsp3) is 0.750. The van der Waals surface area contributed by atoms with Gasteiger partial charge in [0, 0.05) is 13.1 Å². The molecule has 1 unspecified atom stereocenters. The summed E-state index contributed by atoms with van der Waals surface area (Å²) in [5.74, 6) is 1.03. The fourth-order valence-corrected chi connectivity index (χ4v) is 3.14. The van der Waals surface area contributed by atoms with E-state index in [0.29, 0.717) is 23.2 Å². The molecule has 1 aromatic heterocycles. The zero-order valence-electron chi connectivity index (χ0n) is 10.4. The Kier molecular flexibility index (Phi) is 2.81. The van der Waals surface area contributed by atoms with Crippen LogP contribution in [0.25, 0.3) is 0 Å². The minimum Gasteiger partial charge on any atom is -0.393 e. The first kappa shape index (κ1) is 11.6. The van der Waals surface area contributed by atoms with E-state index in [2.05, 4.69) is 14.9 Å². The maximum Gasteiger partial charge on any atom is 0.228 e. The van der Waals surface area contributed by atoms with E-state index in [1.165, 1.54) is 0 Å². The average Bonchev–Trinajstić information content (AvgIpc) is 2.94. The summed E-state index contributed by atoms with van der Waals surface area (Å²) in [5, 5.41) is 17.0. The summed E-state index contributed by atoms with van der Waals surface area (Å²) in [4.78, 5) is 14.0. The topological polar surface area (TPSA) is 79.5 Å². The van der Waals surface area contributed by atoms with Gasteiger partial charge in [-0.15, -0.1) is 0 Å². The van der Waals surface area contributed by atoms with Crippen molar-refractivity contribution in [1.29, 1.82) is 0 Å². The highest BCUT2D eigenvalue weighted by Gasteiger charge is 2.41. The molecule has 1 aliphatic carbocycles. The molecule has 2 aliphatic rings. The van der Waals surface area contributed by atoms with Crippen LogP contribution in [-0.2, 0) is 11.2 Å². The van der Waals surface area contributed by atoms with Gasteiger partial charge in [-0.3, -0.25) is 4.79 Å². The molecule has 0 radical (unpaired) electrons. The first-order valence-electron chi connectivity index (χ1n) is 6.37. The Labute approximate surface area is 105 Å². The monoisotopic (exact) mass is 251 g/mol. The molecule has 1 N–H and O–H groups in total. The second-order valence-corrected chi connectivity index (χ2v) is 5.42. The highest BCUT2D eigenvalue weighted by atomic mass is 16.6. The van der Waals surface area contributed by atoms with Crippen molar-refractivity contribution >= 4 is 5.91 Å². The number of aryl methyl sites for hydroxylation is 1. The average molecular weight is 251 g/mol. The standard InChI is InChI=1S/C12H17N3O3/c1-7-11(14-18-13-7)4-12(17)15-5-8-2-10(16)3-9(8)6-15/h8-10,16H,2-6H2,1H3/t8-,9+,10?. The Hall–Kier alpha value is -1.43. The van der Waals surface area contributed by atoms with Gasteiger partial charge in [-0.25, -0.2) is 4.63 Å². The lowest BCUT2D eigenvalue weighted by Crippen LogP contribution is -2.31. The van der Waals surface area contributed by atoms with Crippen LogP contribution in [0.1, 0.15) is 24.2 Å². The Morgan fingerprint density at radius 3 is 2.61 bits per heavy atom. The summed E-state index contributed by atoms with van der Waals surface area (Å²) in [6, 6.07) is 0. The smallest absolute Gasteiger partial charge is 0.228 e. The molecule has 0 aromatic carbocycles. The van der Waals surface area contributed by atoms with Crippen molar-refractivity contribution in [3.8, 4) is 0 Å². The summed E-state index contributed by atoms with van der Waals surface area (Å²) in [5.41, 5.74) is 1.30. The Morgan fingerprint density at radius 1 is 1.39 bits per heavy atom. The molecule has 0 spiro atoms. The van der Waals surface area contributed by atoms with Gasteiger partial charge in [0.1, 0.15) is 11.4 Å². The van der Waals surface area contributed by atoms with E-state index in [1.54, 1.807) is 6.92 Å². The van der Waals surface area contributed by atoms with Crippen LogP contribution in [0, 0.1) is 18.8 Å². The first-order chi connectivity index (χ1) is 8.63. The van der Waals surface area contributed by atoms with Gasteiger partial charge in [0.15, 0.2) is 0 Å². The third-order valence-corrected chi connectivity index (χ3v) is 4.14. The molecule has 0 bridgehead atoms. The number of carbonyl (C=O) groups is 1. The van der Waals surface area contributed by atoms with Crippen molar-refractivity contribution in [3.63, 3.8) is 0 Å². The van der Waals surface area contributed by atoms with Crippen LogP contribution in [-0.4, -0.2) is 45.4 Å². The van der Waals surface area contributed by atoms with Crippen LogP contribution >= 0.6 is 0 Å². The number of nitrogens with zero attached hydrogens (tertiary/aromatic N) is 3. The number of amides is 1. The molecule has 6 heteroatoms. The lowest BCUT2D eigenvalue weighted by atomic mass is 10.0. The SMILES string of the molecule is Cc1nonc1CC(=O)N1C[C@H]2CC(O)C[C@H]2C1. The maximum absolute atomic E-state index is 12.1. The summed E-state index contributed by atoms with van der Waals surface area (Å²) < 4.78 is 4.59. The highest BCUT2D eigenvalue weighted by Crippen LogP contribution is 2.38. The fourth-order valence-electron chi connectivity index (χ4n) is 3.14. The van der Waals surface area contributed by atoms with Gasteiger partial charge < -0.3 is 10.0 Å². The Bertz CT molecular complexity index is 445. The van der Waals surface area contributed by atoms with Gasteiger partial charge in [-0.1, -0.05) is 10.3 Å². The molecule has 3 rings (SSSR count). The first-order valence-corrected chi connectivity index (χ1v) is 6.37. The number of likely N-dealkylation sites (tertiary alicyclic amines) is 1. The van der Waals surface area contributed by atoms with Crippen LogP contribution in [0.4, 0.5) is 0 Å². The molecule has 1 saturated heterocycles. The molecule has 6 nitrogen and oxygen atoms in total. The molecule has 98 valence electrons. The molecule has 1 aliphatic heterocycles. The van der Waals surface area contributed by atoms with Crippen LogP contribution in [0.3, 0.4) is 0 Å². The maximum atomic E-state index is 12.1. The number of hydrogen-bond donors (Lipinski definition) is 1. The van der Waals surface area contributed by atoms with Gasteiger partial charge in [-0.2, -0.15) is 0 Å². The van der Waals surface area contributed by atoms with Crippen LogP contribution < -0.4 is 0 Å². The zero-order chi connectivity index (χ0) is 12.7. The zero-order valence-corrected chi connectivity index (χ0v) is 10.4. The molecule has 2 fully saturated rings. The van der Waals surface area contributed by atoms with Gasteiger partial charge >= 0.3 is 0 Å². The molecular weight excluding hydrogens is 234 g/mol.